The SMILES string of the molecule is Cc1cc(C)c(C(=O)O[C@@H](C)C(=O)c2c[nH]c3ccccc23)c(Cl)n1. The van der Waals surface area contributed by atoms with Gasteiger partial charge in [-0.2, -0.15) is 0 Å². The van der Waals surface area contributed by atoms with Crippen LogP contribution in [-0.4, -0.2) is 27.8 Å². The number of aromatic nitrogens is 2. The van der Waals surface area contributed by atoms with Crippen molar-refractivity contribution in [2.24, 2.45) is 0 Å². The molecule has 0 unspecified atom stereocenters. The Morgan fingerprint density at radius 2 is 1.96 bits per heavy atom. The van der Waals surface area contributed by atoms with Gasteiger partial charge in [0.1, 0.15) is 5.15 Å². The maximum absolute atomic E-state index is 12.7. The van der Waals surface area contributed by atoms with Crippen LogP contribution in [0.25, 0.3) is 10.9 Å². The first-order chi connectivity index (χ1) is 11.9. The van der Waals surface area contributed by atoms with E-state index in [1.165, 1.54) is 0 Å². The molecule has 0 fully saturated rings. The van der Waals surface area contributed by atoms with Gasteiger partial charge in [-0.15, -0.1) is 0 Å². The summed E-state index contributed by atoms with van der Waals surface area (Å²) in [5.74, 6) is -0.935. The number of esters is 1. The van der Waals surface area contributed by atoms with Gasteiger partial charge in [0.05, 0.1) is 5.56 Å². The van der Waals surface area contributed by atoms with Gasteiger partial charge < -0.3 is 9.72 Å². The summed E-state index contributed by atoms with van der Waals surface area (Å²) in [4.78, 5) is 32.2. The third-order valence-electron chi connectivity index (χ3n) is 4.01. The molecule has 5 nitrogen and oxygen atoms in total. The van der Waals surface area contributed by atoms with Crippen molar-refractivity contribution in [3.05, 3.63) is 64.1 Å². The highest BCUT2D eigenvalue weighted by Crippen LogP contribution is 2.23. The monoisotopic (exact) mass is 356 g/mol. The largest absolute Gasteiger partial charge is 0.451 e. The maximum atomic E-state index is 12.7. The molecular weight excluding hydrogens is 340 g/mol. The van der Waals surface area contributed by atoms with E-state index in [1.54, 1.807) is 33.0 Å². The number of nitrogens with one attached hydrogen (secondary N) is 1. The fraction of sp³-hybridized carbons (Fsp3) is 0.211. The highest BCUT2D eigenvalue weighted by Gasteiger charge is 2.25. The van der Waals surface area contributed by atoms with Crippen molar-refractivity contribution >= 4 is 34.3 Å². The summed E-state index contributed by atoms with van der Waals surface area (Å²) >= 11 is 6.07. The summed E-state index contributed by atoms with van der Waals surface area (Å²) in [5, 5.41) is 0.871. The van der Waals surface area contributed by atoms with E-state index in [1.807, 2.05) is 24.3 Å². The average molecular weight is 357 g/mol. The average Bonchev–Trinajstić information content (AvgIpc) is 2.97. The maximum Gasteiger partial charge on any atom is 0.342 e. The van der Waals surface area contributed by atoms with E-state index >= 15 is 0 Å². The minimum Gasteiger partial charge on any atom is -0.451 e. The van der Waals surface area contributed by atoms with Gasteiger partial charge in [0.2, 0.25) is 5.78 Å². The number of ketones is 1. The zero-order valence-corrected chi connectivity index (χ0v) is 14.8. The zero-order chi connectivity index (χ0) is 18.1. The molecule has 2 aromatic heterocycles. The molecule has 1 atom stereocenters. The Kier molecular flexibility index (Phi) is 4.59. The van der Waals surface area contributed by atoms with Gasteiger partial charge in [-0.05, 0) is 38.5 Å². The highest BCUT2D eigenvalue weighted by molar-refractivity contribution is 6.32. The van der Waals surface area contributed by atoms with Crippen LogP contribution in [0.1, 0.15) is 38.9 Å². The summed E-state index contributed by atoms with van der Waals surface area (Å²) in [5.41, 5.74) is 2.90. The van der Waals surface area contributed by atoms with E-state index in [4.69, 9.17) is 16.3 Å². The van der Waals surface area contributed by atoms with Crippen LogP contribution in [0.15, 0.2) is 36.5 Å². The molecule has 128 valence electrons. The number of Topliss-reactive ketones (excluding diaryl/α,β-unsaturated/α-hetero) is 1. The van der Waals surface area contributed by atoms with Crippen LogP contribution in [0.4, 0.5) is 0 Å². The van der Waals surface area contributed by atoms with Crippen molar-refractivity contribution in [1.82, 2.24) is 9.97 Å². The van der Waals surface area contributed by atoms with Crippen molar-refractivity contribution in [1.29, 1.82) is 0 Å². The Morgan fingerprint density at radius 1 is 1.24 bits per heavy atom. The number of benzene rings is 1. The highest BCUT2D eigenvalue weighted by atomic mass is 35.5. The molecule has 0 bridgehead atoms. The Hall–Kier alpha value is -2.66. The molecule has 1 aromatic carbocycles. The summed E-state index contributed by atoms with van der Waals surface area (Å²) in [7, 11) is 0. The first kappa shape index (κ1) is 17.2. The smallest absolute Gasteiger partial charge is 0.342 e. The van der Waals surface area contributed by atoms with Crippen molar-refractivity contribution in [2.75, 3.05) is 0 Å². The zero-order valence-electron chi connectivity index (χ0n) is 14.1. The second kappa shape index (κ2) is 6.69. The van der Waals surface area contributed by atoms with Gasteiger partial charge in [0.25, 0.3) is 0 Å². The van der Waals surface area contributed by atoms with E-state index in [9.17, 15) is 9.59 Å². The molecule has 25 heavy (non-hydrogen) atoms. The van der Waals surface area contributed by atoms with Gasteiger partial charge >= 0.3 is 5.97 Å². The molecule has 0 radical (unpaired) electrons. The predicted molar refractivity (Wildman–Crippen MR) is 96.2 cm³/mol. The van der Waals surface area contributed by atoms with Crippen LogP contribution in [0, 0.1) is 13.8 Å². The van der Waals surface area contributed by atoms with Gasteiger partial charge in [0, 0.05) is 28.4 Å². The molecule has 6 heteroatoms. The number of aryl methyl sites for hydroxylation is 2. The number of nitrogens with zero attached hydrogens (tertiary/aromatic N) is 1. The molecular formula is C19H17ClN2O3. The van der Waals surface area contributed by atoms with Crippen molar-refractivity contribution in [3.8, 4) is 0 Å². The number of ether oxygens (including phenoxy) is 1. The molecule has 3 rings (SSSR count). The molecule has 0 saturated carbocycles. The number of aromatic amines is 1. The van der Waals surface area contributed by atoms with Gasteiger partial charge in [0.15, 0.2) is 6.10 Å². The third kappa shape index (κ3) is 3.28. The van der Waals surface area contributed by atoms with Crippen LogP contribution in [0.5, 0.6) is 0 Å². The van der Waals surface area contributed by atoms with Crippen molar-refractivity contribution in [2.45, 2.75) is 26.9 Å². The number of halogens is 1. The number of fused-ring (bicyclic) bond motifs is 1. The summed E-state index contributed by atoms with van der Waals surface area (Å²) < 4.78 is 5.35. The molecule has 0 amide bonds. The Morgan fingerprint density at radius 3 is 2.68 bits per heavy atom. The normalized spacial score (nSPS) is 12.2. The predicted octanol–water partition coefficient (Wildman–Crippen LogP) is 4.26. The van der Waals surface area contributed by atoms with Crippen molar-refractivity contribution < 1.29 is 14.3 Å². The van der Waals surface area contributed by atoms with Crippen molar-refractivity contribution in [3.63, 3.8) is 0 Å². The molecule has 0 aliphatic carbocycles. The number of carbonyl (C=O) groups excluding carboxylic acids is 2. The van der Waals surface area contributed by atoms with Crippen LogP contribution >= 0.6 is 11.6 Å². The number of carbonyl (C=O) groups is 2. The third-order valence-corrected chi connectivity index (χ3v) is 4.29. The first-order valence-electron chi connectivity index (χ1n) is 7.83. The standard InChI is InChI=1S/C19H17ClN2O3/c1-10-8-11(2)22-18(20)16(10)19(24)25-12(3)17(23)14-9-21-15-7-5-4-6-13(14)15/h4-9,12,21H,1-3H3/t12-/m0/s1. The lowest BCUT2D eigenvalue weighted by atomic mass is 10.1. The fourth-order valence-corrected chi connectivity index (χ4v) is 3.16. The Balaban J connectivity index is 1.83. The van der Waals surface area contributed by atoms with Crippen LogP contribution in [0.3, 0.4) is 0 Å². The number of hydrogen-bond acceptors (Lipinski definition) is 4. The molecule has 0 aliphatic heterocycles. The summed E-state index contributed by atoms with van der Waals surface area (Å²) in [6.45, 7) is 5.09. The molecule has 1 N–H and O–H groups in total. The van der Waals surface area contributed by atoms with E-state index in [2.05, 4.69) is 9.97 Å². The lowest BCUT2D eigenvalue weighted by Gasteiger charge is -2.14. The van der Waals surface area contributed by atoms with Gasteiger partial charge in [-0.3, -0.25) is 4.79 Å². The number of rotatable bonds is 4. The number of pyridine rings is 1. The van der Waals surface area contributed by atoms with Crippen LogP contribution in [0.2, 0.25) is 5.15 Å². The molecule has 0 spiro atoms. The van der Waals surface area contributed by atoms with E-state index in [-0.39, 0.29) is 16.5 Å². The van der Waals surface area contributed by atoms with Gasteiger partial charge in [-0.1, -0.05) is 29.8 Å². The van der Waals surface area contributed by atoms with Crippen LogP contribution in [-0.2, 0) is 4.74 Å². The molecule has 0 saturated heterocycles. The molecule has 3 aromatic rings. The topological polar surface area (TPSA) is 72.1 Å². The Bertz CT molecular complexity index is 955. The minimum atomic E-state index is -0.941. The number of para-hydroxylation sites is 1. The number of hydrogen-bond donors (Lipinski definition) is 1. The van der Waals surface area contributed by atoms with E-state index in [0.29, 0.717) is 16.8 Å². The lowest BCUT2D eigenvalue weighted by molar-refractivity contribution is 0.0318. The Labute approximate surface area is 150 Å². The fourth-order valence-electron chi connectivity index (χ4n) is 2.80. The van der Waals surface area contributed by atoms with Crippen LogP contribution < -0.4 is 0 Å². The van der Waals surface area contributed by atoms with Gasteiger partial charge in [-0.25, -0.2) is 9.78 Å². The second-order valence-electron chi connectivity index (χ2n) is 5.91. The second-order valence-corrected chi connectivity index (χ2v) is 6.26. The number of H-pyrrole nitrogens is 1. The lowest BCUT2D eigenvalue weighted by Crippen LogP contribution is -2.25. The minimum absolute atomic E-state index is 0.0780. The first-order valence-corrected chi connectivity index (χ1v) is 8.21. The quantitative estimate of drug-likeness (QED) is 0.430. The molecule has 2 heterocycles. The van der Waals surface area contributed by atoms with E-state index in [0.717, 1.165) is 10.9 Å². The molecule has 0 aliphatic rings. The summed E-state index contributed by atoms with van der Waals surface area (Å²) in [6, 6.07) is 9.20. The van der Waals surface area contributed by atoms with E-state index < -0.39 is 12.1 Å². The summed E-state index contributed by atoms with van der Waals surface area (Å²) in [6.07, 6.45) is 0.687.